The first-order valence-corrected chi connectivity index (χ1v) is 9.65. The molecule has 9 heteroatoms. The van der Waals surface area contributed by atoms with Crippen molar-refractivity contribution in [1.29, 1.82) is 10.7 Å². The largest absolute Gasteiger partial charge is 0.343 e. The summed E-state index contributed by atoms with van der Waals surface area (Å²) in [6.45, 7) is 1.86. The number of hydrogen-bond acceptors (Lipinski definition) is 5. The maximum absolute atomic E-state index is 13.7. The molecule has 1 fully saturated rings. The normalized spacial score (nSPS) is 21.7. The number of hydrogen-bond donors (Lipinski definition) is 2. The summed E-state index contributed by atoms with van der Waals surface area (Å²) in [5, 5.41) is 26.6. The molecule has 2 N–H and O–H groups in total. The van der Waals surface area contributed by atoms with E-state index >= 15 is 0 Å². The standard InChI is InChI=1S/C20H17FN6OS/c1-20(17(27-7-3-6-24-27)18(28)26(2)19(23)25-20)16-9-14(11-29-16)12-4-5-15(21)13(8-12)10-22/h3-9,11,17H,1-2H3,(H2,23,25)/t17?,20-/m1/s1. The summed E-state index contributed by atoms with van der Waals surface area (Å²) in [6, 6.07) is 9.19. The molecule has 0 saturated carbocycles. The smallest absolute Gasteiger partial charge is 0.256 e. The van der Waals surface area contributed by atoms with Crippen molar-refractivity contribution >= 4 is 23.2 Å². The predicted molar refractivity (Wildman–Crippen MR) is 107 cm³/mol. The number of benzene rings is 1. The number of carbonyl (C=O) groups is 1. The van der Waals surface area contributed by atoms with E-state index in [1.54, 1.807) is 36.3 Å². The molecule has 1 saturated heterocycles. The van der Waals surface area contributed by atoms with Gasteiger partial charge in [0.1, 0.15) is 17.4 Å². The summed E-state index contributed by atoms with van der Waals surface area (Å²) >= 11 is 1.43. The monoisotopic (exact) mass is 408 g/mol. The second-order valence-electron chi connectivity index (χ2n) is 6.97. The SMILES string of the molecule is CN1C(=N)N[C@](C)(c2cc(-c3ccc(F)c(C#N)c3)cs2)C(n2cccn2)C1=O. The van der Waals surface area contributed by atoms with E-state index in [4.69, 9.17) is 10.7 Å². The molecule has 146 valence electrons. The molecular formula is C20H17FN6OS. The molecular weight excluding hydrogens is 391 g/mol. The van der Waals surface area contributed by atoms with E-state index in [2.05, 4.69) is 10.4 Å². The minimum absolute atomic E-state index is 0.00408. The fourth-order valence-corrected chi connectivity index (χ4v) is 4.56. The van der Waals surface area contributed by atoms with E-state index in [9.17, 15) is 9.18 Å². The number of nitrogens with zero attached hydrogens (tertiary/aromatic N) is 4. The zero-order valence-corrected chi connectivity index (χ0v) is 16.5. The van der Waals surface area contributed by atoms with Gasteiger partial charge in [-0.15, -0.1) is 11.3 Å². The van der Waals surface area contributed by atoms with Crippen molar-refractivity contribution in [3.05, 3.63) is 64.4 Å². The molecule has 0 bridgehead atoms. The maximum atomic E-state index is 13.7. The van der Waals surface area contributed by atoms with Gasteiger partial charge in [0.2, 0.25) is 0 Å². The van der Waals surface area contributed by atoms with E-state index in [0.717, 1.165) is 10.4 Å². The molecule has 1 aliphatic rings. The van der Waals surface area contributed by atoms with Gasteiger partial charge in [-0.25, -0.2) is 4.39 Å². The lowest BCUT2D eigenvalue weighted by Gasteiger charge is -2.44. The molecule has 1 unspecified atom stereocenters. The predicted octanol–water partition coefficient (Wildman–Crippen LogP) is 3.08. The number of nitriles is 1. The first-order chi connectivity index (χ1) is 13.8. The van der Waals surface area contributed by atoms with Crippen molar-refractivity contribution < 1.29 is 9.18 Å². The van der Waals surface area contributed by atoms with Crippen LogP contribution in [-0.4, -0.2) is 33.6 Å². The number of amides is 1. The van der Waals surface area contributed by atoms with Gasteiger partial charge in [0, 0.05) is 24.3 Å². The maximum Gasteiger partial charge on any atom is 0.256 e. The molecule has 0 spiro atoms. The van der Waals surface area contributed by atoms with Crippen LogP contribution in [0.1, 0.15) is 23.4 Å². The highest BCUT2D eigenvalue weighted by Gasteiger charge is 2.50. The van der Waals surface area contributed by atoms with Gasteiger partial charge in [0.25, 0.3) is 5.91 Å². The third-order valence-electron chi connectivity index (χ3n) is 5.15. The minimum atomic E-state index is -0.909. The van der Waals surface area contributed by atoms with Crippen LogP contribution in [-0.2, 0) is 10.3 Å². The highest BCUT2D eigenvalue weighted by Crippen LogP contribution is 2.41. The van der Waals surface area contributed by atoms with Gasteiger partial charge >= 0.3 is 0 Å². The number of likely N-dealkylation sites (N-methyl/N-ethyl adjacent to an activating group) is 1. The van der Waals surface area contributed by atoms with Crippen LogP contribution in [0, 0.1) is 22.6 Å². The molecule has 0 aliphatic carbocycles. The lowest BCUT2D eigenvalue weighted by Crippen LogP contribution is -2.63. The van der Waals surface area contributed by atoms with Crippen molar-refractivity contribution in [2.45, 2.75) is 18.5 Å². The van der Waals surface area contributed by atoms with Crippen LogP contribution < -0.4 is 5.32 Å². The summed E-state index contributed by atoms with van der Waals surface area (Å²) < 4.78 is 15.3. The second kappa shape index (κ2) is 6.83. The Morgan fingerprint density at radius 1 is 1.38 bits per heavy atom. The van der Waals surface area contributed by atoms with Gasteiger partial charge in [-0.3, -0.25) is 19.8 Å². The summed E-state index contributed by atoms with van der Waals surface area (Å²) in [7, 11) is 1.55. The number of halogens is 1. The van der Waals surface area contributed by atoms with Gasteiger partial charge in [-0.1, -0.05) is 6.07 Å². The van der Waals surface area contributed by atoms with Gasteiger partial charge in [0.15, 0.2) is 12.0 Å². The molecule has 2 aromatic heterocycles. The van der Waals surface area contributed by atoms with Crippen molar-refractivity contribution in [3.8, 4) is 17.2 Å². The highest BCUT2D eigenvalue weighted by molar-refractivity contribution is 7.10. The molecule has 0 radical (unpaired) electrons. The van der Waals surface area contributed by atoms with Crippen LogP contribution in [0.5, 0.6) is 0 Å². The highest BCUT2D eigenvalue weighted by atomic mass is 32.1. The van der Waals surface area contributed by atoms with Crippen LogP contribution in [0.4, 0.5) is 4.39 Å². The number of carbonyl (C=O) groups excluding carboxylic acids is 1. The van der Waals surface area contributed by atoms with Gasteiger partial charge in [-0.2, -0.15) is 10.4 Å². The molecule has 1 amide bonds. The van der Waals surface area contributed by atoms with Crippen LogP contribution in [0.25, 0.3) is 11.1 Å². The molecule has 1 aromatic carbocycles. The Bertz CT molecular complexity index is 1150. The molecule has 2 atom stereocenters. The van der Waals surface area contributed by atoms with Crippen LogP contribution >= 0.6 is 11.3 Å². The summed E-state index contributed by atoms with van der Waals surface area (Å²) in [5.41, 5.74) is 0.583. The fourth-order valence-electron chi connectivity index (χ4n) is 3.50. The van der Waals surface area contributed by atoms with Crippen molar-refractivity contribution in [2.24, 2.45) is 0 Å². The van der Waals surface area contributed by atoms with Crippen molar-refractivity contribution in [2.75, 3.05) is 7.05 Å². The Morgan fingerprint density at radius 3 is 2.86 bits per heavy atom. The zero-order chi connectivity index (χ0) is 20.8. The van der Waals surface area contributed by atoms with Gasteiger partial charge in [0.05, 0.1) is 5.56 Å². The van der Waals surface area contributed by atoms with E-state index in [0.29, 0.717) is 5.56 Å². The van der Waals surface area contributed by atoms with E-state index < -0.39 is 17.4 Å². The molecule has 7 nitrogen and oxygen atoms in total. The Kier molecular flexibility index (Phi) is 4.43. The third kappa shape index (κ3) is 2.98. The Morgan fingerprint density at radius 2 is 2.17 bits per heavy atom. The molecule has 1 aliphatic heterocycles. The number of aromatic nitrogens is 2. The first kappa shape index (κ1) is 18.8. The van der Waals surface area contributed by atoms with Gasteiger partial charge in [-0.05, 0) is 47.7 Å². The average Bonchev–Trinajstić information content (AvgIpc) is 3.39. The minimum Gasteiger partial charge on any atom is -0.343 e. The quantitative estimate of drug-likeness (QED) is 0.696. The molecule has 29 heavy (non-hydrogen) atoms. The van der Waals surface area contributed by atoms with E-state index in [1.807, 2.05) is 24.4 Å². The summed E-state index contributed by atoms with van der Waals surface area (Å²) in [6.07, 6.45) is 3.33. The molecule has 3 aromatic rings. The Balaban J connectivity index is 1.79. The fraction of sp³-hybridized carbons (Fsp3) is 0.200. The average molecular weight is 408 g/mol. The van der Waals surface area contributed by atoms with Crippen LogP contribution in [0.15, 0.2) is 48.1 Å². The van der Waals surface area contributed by atoms with Crippen molar-refractivity contribution in [1.82, 2.24) is 20.0 Å². The molecule has 3 heterocycles. The lowest BCUT2D eigenvalue weighted by molar-refractivity contribution is -0.134. The van der Waals surface area contributed by atoms with Crippen LogP contribution in [0.2, 0.25) is 0 Å². The Hall–Kier alpha value is -3.51. The van der Waals surface area contributed by atoms with Crippen LogP contribution in [0.3, 0.4) is 0 Å². The first-order valence-electron chi connectivity index (χ1n) is 8.77. The topological polar surface area (TPSA) is 97.8 Å². The van der Waals surface area contributed by atoms with E-state index in [1.165, 1.54) is 28.4 Å². The third-order valence-corrected chi connectivity index (χ3v) is 6.31. The Labute approximate surface area is 170 Å². The number of guanidine groups is 1. The number of nitrogens with one attached hydrogen (secondary N) is 2. The molecule has 4 rings (SSSR count). The van der Waals surface area contributed by atoms with E-state index in [-0.39, 0.29) is 17.4 Å². The van der Waals surface area contributed by atoms with Crippen molar-refractivity contribution in [3.63, 3.8) is 0 Å². The zero-order valence-electron chi connectivity index (χ0n) is 15.7. The lowest BCUT2D eigenvalue weighted by atomic mass is 9.86. The summed E-state index contributed by atoms with van der Waals surface area (Å²) in [4.78, 5) is 15.1. The number of rotatable bonds is 3. The second-order valence-corrected chi connectivity index (χ2v) is 7.88. The van der Waals surface area contributed by atoms with Gasteiger partial charge < -0.3 is 5.32 Å². The number of thiophene rings is 1. The summed E-state index contributed by atoms with van der Waals surface area (Å²) in [5.74, 6) is -0.804.